The summed E-state index contributed by atoms with van der Waals surface area (Å²) < 4.78 is 0. The molecule has 0 aliphatic rings. The minimum atomic E-state index is -0.804. The van der Waals surface area contributed by atoms with Crippen molar-refractivity contribution in [2.75, 3.05) is 0 Å². The molecule has 0 atom stereocenters. The molecular formula is C12H13NO2. The molecule has 78 valence electrons. The monoisotopic (exact) mass is 203 g/mol. The molecule has 0 aliphatic carbocycles. The summed E-state index contributed by atoms with van der Waals surface area (Å²) in [5, 5.41) is 9.86. The van der Waals surface area contributed by atoms with Crippen LogP contribution in [-0.4, -0.2) is 16.1 Å². The SMILES string of the molecule is Cc1ccc2c(C)c(CC(=O)O)[nH]c2c1. The molecule has 1 heterocycles. The molecule has 1 aromatic heterocycles. The van der Waals surface area contributed by atoms with E-state index in [0.717, 1.165) is 22.2 Å². The number of aromatic nitrogens is 1. The lowest BCUT2D eigenvalue weighted by Crippen LogP contribution is -2.01. The molecule has 0 amide bonds. The van der Waals surface area contributed by atoms with Gasteiger partial charge in [-0.05, 0) is 31.0 Å². The molecule has 0 aliphatic heterocycles. The number of carboxylic acid groups (broad SMARTS) is 1. The van der Waals surface area contributed by atoms with E-state index < -0.39 is 5.97 Å². The summed E-state index contributed by atoms with van der Waals surface area (Å²) in [5.41, 5.74) is 4.02. The van der Waals surface area contributed by atoms with E-state index in [0.29, 0.717) is 0 Å². The third-order valence-corrected chi connectivity index (χ3v) is 2.65. The lowest BCUT2D eigenvalue weighted by molar-refractivity contribution is -0.136. The second kappa shape index (κ2) is 3.42. The average Bonchev–Trinajstić information content (AvgIpc) is 2.42. The first-order valence-corrected chi connectivity index (χ1v) is 4.87. The van der Waals surface area contributed by atoms with Crippen LogP contribution < -0.4 is 0 Å². The van der Waals surface area contributed by atoms with E-state index in [-0.39, 0.29) is 6.42 Å². The van der Waals surface area contributed by atoms with E-state index in [1.54, 1.807) is 0 Å². The summed E-state index contributed by atoms with van der Waals surface area (Å²) in [6.07, 6.45) is 0.0551. The molecule has 0 bridgehead atoms. The first-order chi connectivity index (χ1) is 7.08. The van der Waals surface area contributed by atoms with Crippen LogP contribution in [0.1, 0.15) is 16.8 Å². The van der Waals surface area contributed by atoms with Crippen LogP contribution in [0.2, 0.25) is 0 Å². The first kappa shape index (κ1) is 9.77. The van der Waals surface area contributed by atoms with Gasteiger partial charge in [-0.3, -0.25) is 4.79 Å². The molecule has 2 N–H and O–H groups in total. The highest BCUT2D eigenvalue weighted by molar-refractivity contribution is 5.86. The molecule has 15 heavy (non-hydrogen) atoms. The highest BCUT2D eigenvalue weighted by Crippen LogP contribution is 2.22. The van der Waals surface area contributed by atoms with E-state index in [1.165, 1.54) is 5.56 Å². The predicted molar refractivity (Wildman–Crippen MR) is 59.1 cm³/mol. The molecule has 1 aromatic carbocycles. The van der Waals surface area contributed by atoms with Crippen LogP contribution in [0.25, 0.3) is 10.9 Å². The Morgan fingerprint density at radius 1 is 1.40 bits per heavy atom. The molecule has 0 spiro atoms. The number of carboxylic acids is 1. The topological polar surface area (TPSA) is 53.1 Å². The zero-order chi connectivity index (χ0) is 11.0. The zero-order valence-electron chi connectivity index (χ0n) is 8.79. The number of aryl methyl sites for hydroxylation is 2. The maximum absolute atomic E-state index is 10.6. The Morgan fingerprint density at radius 2 is 2.13 bits per heavy atom. The number of aliphatic carboxylic acids is 1. The Morgan fingerprint density at radius 3 is 2.80 bits per heavy atom. The van der Waals surface area contributed by atoms with Crippen molar-refractivity contribution in [3.63, 3.8) is 0 Å². The number of nitrogens with one attached hydrogen (secondary N) is 1. The van der Waals surface area contributed by atoms with E-state index >= 15 is 0 Å². The molecular weight excluding hydrogens is 190 g/mol. The van der Waals surface area contributed by atoms with Gasteiger partial charge in [-0.15, -0.1) is 0 Å². The number of aromatic amines is 1. The number of rotatable bonds is 2. The molecule has 0 fully saturated rings. The van der Waals surface area contributed by atoms with Gasteiger partial charge in [0.1, 0.15) is 0 Å². The Kier molecular flexibility index (Phi) is 2.23. The number of carbonyl (C=O) groups is 1. The van der Waals surface area contributed by atoms with Crippen LogP contribution in [0.15, 0.2) is 18.2 Å². The second-order valence-electron chi connectivity index (χ2n) is 3.85. The van der Waals surface area contributed by atoms with E-state index in [9.17, 15) is 4.79 Å². The summed E-state index contributed by atoms with van der Waals surface area (Å²) in [6.45, 7) is 3.97. The molecule has 3 nitrogen and oxygen atoms in total. The fourth-order valence-corrected chi connectivity index (χ4v) is 1.84. The van der Waals surface area contributed by atoms with E-state index in [4.69, 9.17) is 5.11 Å². The highest BCUT2D eigenvalue weighted by Gasteiger charge is 2.10. The van der Waals surface area contributed by atoms with Crippen molar-refractivity contribution >= 4 is 16.9 Å². The fraction of sp³-hybridized carbons (Fsp3) is 0.250. The van der Waals surface area contributed by atoms with Gasteiger partial charge < -0.3 is 10.1 Å². The average molecular weight is 203 g/mol. The van der Waals surface area contributed by atoms with Gasteiger partial charge in [-0.1, -0.05) is 12.1 Å². The van der Waals surface area contributed by atoms with Crippen molar-refractivity contribution in [3.05, 3.63) is 35.0 Å². The molecule has 2 aromatic rings. The number of fused-ring (bicyclic) bond motifs is 1. The molecule has 0 unspecified atom stereocenters. The lowest BCUT2D eigenvalue weighted by Gasteiger charge is -1.94. The smallest absolute Gasteiger partial charge is 0.309 e. The van der Waals surface area contributed by atoms with Crippen LogP contribution >= 0.6 is 0 Å². The molecule has 0 saturated carbocycles. The molecule has 3 heteroatoms. The number of H-pyrrole nitrogens is 1. The van der Waals surface area contributed by atoms with E-state index in [1.807, 2.05) is 32.0 Å². The zero-order valence-corrected chi connectivity index (χ0v) is 8.79. The maximum Gasteiger partial charge on any atom is 0.309 e. The fourth-order valence-electron chi connectivity index (χ4n) is 1.84. The molecule has 0 saturated heterocycles. The van der Waals surface area contributed by atoms with Gasteiger partial charge in [-0.25, -0.2) is 0 Å². The standard InChI is InChI=1S/C12H13NO2/c1-7-3-4-9-8(2)10(6-12(14)15)13-11(9)5-7/h3-5,13H,6H2,1-2H3,(H,14,15). The third kappa shape index (κ3) is 1.73. The summed E-state index contributed by atoms with van der Waals surface area (Å²) in [4.78, 5) is 13.8. The van der Waals surface area contributed by atoms with Gasteiger partial charge in [0.25, 0.3) is 0 Å². The summed E-state index contributed by atoms with van der Waals surface area (Å²) in [6, 6.07) is 6.10. The minimum Gasteiger partial charge on any atom is -0.481 e. The van der Waals surface area contributed by atoms with Gasteiger partial charge >= 0.3 is 5.97 Å². The minimum absolute atomic E-state index is 0.0551. The van der Waals surface area contributed by atoms with Crippen LogP contribution in [0.3, 0.4) is 0 Å². The predicted octanol–water partition coefficient (Wildman–Crippen LogP) is 2.41. The van der Waals surface area contributed by atoms with Gasteiger partial charge in [0, 0.05) is 16.6 Å². The highest BCUT2D eigenvalue weighted by atomic mass is 16.4. The quantitative estimate of drug-likeness (QED) is 0.787. The van der Waals surface area contributed by atoms with Crippen molar-refractivity contribution in [2.45, 2.75) is 20.3 Å². The van der Waals surface area contributed by atoms with Crippen molar-refractivity contribution in [1.29, 1.82) is 0 Å². The molecule has 2 rings (SSSR count). The first-order valence-electron chi connectivity index (χ1n) is 4.87. The normalized spacial score (nSPS) is 10.8. The Hall–Kier alpha value is -1.77. The van der Waals surface area contributed by atoms with Gasteiger partial charge in [0.05, 0.1) is 6.42 Å². The van der Waals surface area contributed by atoms with Crippen molar-refractivity contribution in [3.8, 4) is 0 Å². The summed E-state index contributed by atoms with van der Waals surface area (Å²) in [7, 11) is 0. The lowest BCUT2D eigenvalue weighted by atomic mass is 10.1. The number of benzene rings is 1. The van der Waals surface area contributed by atoms with Gasteiger partial charge in [-0.2, -0.15) is 0 Å². The van der Waals surface area contributed by atoms with Crippen LogP contribution in [-0.2, 0) is 11.2 Å². The molecule has 0 radical (unpaired) electrons. The van der Waals surface area contributed by atoms with Crippen LogP contribution in [0, 0.1) is 13.8 Å². The number of hydrogen-bond donors (Lipinski definition) is 2. The Balaban J connectivity index is 2.58. The second-order valence-corrected chi connectivity index (χ2v) is 3.85. The number of hydrogen-bond acceptors (Lipinski definition) is 1. The van der Waals surface area contributed by atoms with Gasteiger partial charge in [0.2, 0.25) is 0 Å². The van der Waals surface area contributed by atoms with Crippen molar-refractivity contribution in [2.24, 2.45) is 0 Å². The van der Waals surface area contributed by atoms with Crippen molar-refractivity contribution in [1.82, 2.24) is 4.98 Å². The van der Waals surface area contributed by atoms with Crippen LogP contribution in [0.5, 0.6) is 0 Å². The maximum atomic E-state index is 10.6. The summed E-state index contributed by atoms with van der Waals surface area (Å²) in [5.74, 6) is -0.804. The largest absolute Gasteiger partial charge is 0.481 e. The summed E-state index contributed by atoms with van der Waals surface area (Å²) >= 11 is 0. The van der Waals surface area contributed by atoms with E-state index in [2.05, 4.69) is 4.98 Å². The van der Waals surface area contributed by atoms with Crippen molar-refractivity contribution < 1.29 is 9.90 Å². The third-order valence-electron chi connectivity index (χ3n) is 2.65. The Bertz CT molecular complexity index is 526. The van der Waals surface area contributed by atoms with Gasteiger partial charge in [0.15, 0.2) is 0 Å². The Labute approximate surface area is 87.7 Å². The van der Waals surface area contributed by atoms with Crippen LogP contribution in [0.4, 0.5) is 0 Å².